The van der Waals surface area contributed by atoms with Crippen LogP contribution in [0.15, 0.2) is 35.7 Å². The average molecular weight is 374 g/mol. The van der Waals surface area contributed by atoms with E-state index < -0.39 is 0 Å². The zero-order chi connectivity index (χ0) is 18.4. The Hall–Kier alpha value is -2.01. The lowest BCUT2D eigenvalue weighted by atomic mass is 10.1. The SMILES string of the molecule is CCC(=O)N(Cc1ccc(OC)c(OCc2cccs2)c1)C1CCCC1. The first-order chi connectivity index (χ1) is 12.7. The van der Waals surface area contributed by atoms with Gasteiger partial charge < -0.3 is 14.4 Å². The Bertz CT molecular complexity index is 708. The molecule has 0 spiro atoms. The van der Waals surface area contributed by atoms with Gasteiger partial charge in [-0.25, -0.2) is 0 Å². The molecule has 1 aromatic carbocycles. The van der Waals surface area contributed by atoms with Crippen molar-refractivity contribution in [1.29, 1.82) is 0 Å². The fourth-order valence-corrected chi connectivity index (χ4v) is 4.13. The monoisotopic (exact) mass is 373 g/mol. The van der Waals surface area contributed by atoms with Crippen LogP contribution < -0.4 is 9.47 Å². The molecular formula is C21H27NO3S. The van der Waals surface area contributed by atoms with Crippen LogP contribution in [-0.2, 0) is 17.9 Å². The summed E-state index contributed by atoms with van der Waals surface area (Å²) in [5, 5.41) is 2.04. The van der Waals surface area contributed by atoms with Crippen molar-refractivity contribution in [3.05, 3.63) is 46.2 Å². The molecule has 0 unspecified atom stereocenters. The van der Waals surface area contributed by atoms with Crippen molar-refractivity contribution in [3.63, 3.8) is 0 Å². The lowest BCUT2D eigenvalue weighted by Gasteiger charge is -2.29. The van der Waals surface area contributed by atoms with Crippen LogP contribution in [0.2, 0.25) is 0 Å². The lowest BCUT2D eigenvalue weighted by Crippen LogP contribution is -2.37. The van der Waals surface area contributed by atoms with Crippen LogP contribution in [0, 0.1) is 0 Å². The van der Waals surface area contributed by atoms with Gasteiger partial charge in [0.15, 0.2) is 11.5 Å². The zero-order valence-corrected chi connectivity index (χ0v) is 16.4. The number of rotatable bonds is 8. The molecule has 2 aromatic rings. The summed E-state index contributed by atoms with van der Waals surface area (Å²) in [6.07, 6.45) is 5.22. The molecule has 4 nitrogen and oxygen atoms in total. The maximum Gasteiger partial charge on any atom is 0.222 e. The molecule has 1 aromatic heterocycles. The summed E-state index contributed by atoms with van der Waals surface area (Å²) < 4.78 is 11.4. The van der Waals surface area contributed by atoms with E-state index in [1.54, 1.807) is 18.4 Å². The van der Waals surface area contributed by atoms with Gasteiger partial charge in [-0.05, 0) is 42.0 Å². The van der Waals surface area contributed by atoms with Crippen LogP contribution in [0.3, 0.4) is 0 Å². The molecule has 26 heavy (non-hydrogen) atoms. The van der Waals surface area contributed by atoms with E-state index >= 15 is 0 Å². The fourth-order valence-electron chi connectivity index (χ4n) is 3.51. The number of carbonyl (C=O) groups is 1. The number of thiophene rings is 1. The highest BCUT2D eigenvalue weighted by atomic mass is 32.1. The number of benzene rings is 1. The third-order valence-corrected chi connectivity index (χ3v) is 5.77. The molecule has 5 heteroatoms. The normalized spacial score (nSPS) is 14.4. The van der Waals surface area contributed by atoms with Crippen molar-refractivity contribution >= 4 is 17.2 Å². The second-order valence-corrected chi connectivity index (χ2v) is 7.70. The van der Waals surface area contributed by atoms with Gasteiger partial charge in [0.1, 0.15) is 6.61 Å². The number of ether oxygens (including phenoxy) is 2. The third kappa shape index (κ3) is 4.58. The maximum absolute atomic E-state index is 12.5. The molecule has 1 saturated carbocycles. The average Bonchev–Trinajstić information content (AvgIpc) is 3.37. The summed E-state index contributed by atoms with van der Waals surface area (Å²) in [6.45, 7) is 3.10. The Morgan fingerprint density at radius 1 is 1.23 bits per heavy atom. The highest BCUT2D eigenvalue weighted by Gasteiger charge is 2.26. The van der Waals surface area contributed by atoms with Crippen LogP contribution in [0.25, 0.3) is 0 Å². The second-order valence-electron chi connectivity index (χ2n) is 6.67. The highest BCUT2D eigenvalue weighted by Crippen LogP contribution is 2.31. The van der Waals surface area contributed by atoms with E-state index in [-0.39, 0.29) is 5.91 Å². The molecule has 1 heterocycles. The Kier molecular flexibility index (Phi) is 6.56. The van der Waals surface area contributed by atoms with Gasteiger partial charge in [0.05, 0.1) is 7.11 Å². The smallest absolute Gasteiger partial charge is 0.222 e. The largest absolute Gasteiger partial charge is 0.493 e. The van der Waals surface area contributed by atoms with E-state index in [9.17, 15) is 4.79 Å². The summed E-state index contributed by atoms with van der Waals surface area (Å²) in [4.78, 5) is 15.7. The van der Waals surface area contributed by atoms with E-state index in [4.69, 9.17) is 9.47 Å². The standard InChI is InChI=1S/C21H27NO3S/c1-3-21(23)22(17-7-4-5-8-17)14-16-10-11-19(24-2)20(13-16)25-15-18-9-6-12-26-18/h6,9-13,17H,3-5,7-8,14-15H2,1-2H3. The molecule has 1 fully saturated rings. The number of nitrogens with zero attached hydrogens (tertiary/aromatic N) is 1. The molecular weight excluding hydrogens is 346 g/mol. The molecule has 0 atom stereocenters. The van der Waals surface area contributed by atoms with E-state index in [0.29, 0.717) is 25.6 Å². The van der Waals surface area contributed by atoms with Gasteiger partial charge in [-0.3, -0.25) is 4.79 Å². The van der Waals surface area contributed by atoms with E-state index in [0.717, 1.165) is 29.9 Å². The summed E-state index contributed by atoms with van der Waals surface area (Å²) in [7, 11) is 1.65. The summed E-state index contributed by atoms with van der Waals surface area (Å²) in [5.41, 5.74) is 1.08. The van der Waals surface area contributed by atoms with Crippen molar-refractivity contribution < 1.29 is 14.3 Å². The Labute approximate surface area is 159 Å². The summed E-state index contributed by atoms with van der Waals surface area (Å²) >= 11 is 1.68. The number of methoxy groups -OCH3 is 1. The summed E-state index contributed by atoms with van der Waals surface area (Å²) in [6, 6.07) is 10.4. The van der Waals surface area contributed by atoms with Gasteiger partial charge in [-0.2, -0.15) is 0 Å². The second kappa shape index (κ2) is 9.08. The molecule has 1 aliphatic carbocycles. The first-order valence-electron chi connectivity index (χ1n) is 9.32. The lowest BCUT2D eigenvalue weighted by molar-refractivity contribution is -0.133. The molecule has 0 saturated heterocycles. The molecule has 1 aliphatic rings. The topological polar surface area (TPSA) is 38.8 Å². The first kappa shape index (κ1) is 18.8. The Morgan fingerprint density at radius 3 is 2.69 bits per heavy atom. The van der Waals surface area contributed by atoms with Gasteiger partial charge >= 0.3 is 0 Å². The number of hydrogen-bond acceptors (Lipinski definition) is 4. The minimum absolute atomic E-state index is 0.230. The predicted octanol–water partition coefficient (Wildman–Crippen LogP) is 5.02. The molecule has 0 aliphatic heterocycles. The van der Waals surface area contributed by atoms with Gasteiger partial charge in [-0.1, -0.05) is 31.9 Å². The maximum atomic E-state index is 12.5. The first-order valence-corrected chi connectivity index (χ1v) is 10.2. The Balaban J connectivity index is 1.75. The minimum atomic E-state index is 0.230. The van der Waals surface area contributed by atoms with Gasteiger partial charge in [0.2, 0.25) is 5.91 Å². The highest BCUT2D eigenvalue weighted by molar-refractivity contribution is 7.09. The van der Waals surface area contributed by atoms with E-state index in [1.165, 1.54) is 17.7 Å². The quantitative estimate of drug-likeness (QED) is 0.652. The molecule has 3 rings (SSSR count). The number of carbonyl (C=O) groups excluding carboxylic acids is 1. The Morgan fingerprint density at radius 2 is 2.04 bits per heavy atom. The van der Waals surface area contributed by atoms with E-state index in [2.05, 4.69) is 11.0 Å². The molecule has 0 N–H and O–H groups in total. The van der Waals surface area contributed by atoms with Crippen molar-refractivity contribution in [2.24, 2.45) is 0 Å². The molecule has 140 valence electrons. The predicted molar refractivity (Wildman–Crippen MR) is 105 cm³/mol. The molecule has 0 radical (unpaired) electrons. The number of amides is 1. The van der Waals surface area contributed by atoms with Crippen molar-refractivity contribution in [2.45, 2.75) is 58.2 Å². The minimum Gasteiger partial charge on any atom is -0.493 e. The van der Waals surface area contributed by atoms with Crippen LogP contribution in [0.5, 0.6) is 11.5 Å². The van der Waals surface area contributed by atoms with Crippen molar-refractivity contribution in [1.82, 2.24) is 4.90 Å². The van der Waals surface area contributed by atoms with Crippen molar-refractivity contribution in [3.8, 4) is 11.5 Å². The van der Waals surface area contributed by atoms with Crippen LogP contribution in [-0.4, -0.2) is 24.0 Å². The van der Waals surface area contributed by atoms with E-state index in [1.807, 2.05) is 36.6 Å². The molecule has 1 amide bonds. The fraction of sp³-hybridized carbons (Fsp3) is 0.476. The zero-order valence-electron chi connectivity index (χ0n) is 15.6. The molecule has 0 bridgehead atoms. The van der Waals surface area contributed by atoms with Gasteiger partial charge in [0.25, 0.3) is 0 Å². The van der Waals surface area contributed by atoms with Crippen LogP contribution >= 0.6 is 11.3 Å². The van der Waals surface area contributed by atoms with Crippen LogP contribution in [0.1, 0.15) is 49.5 Å². The van der Waals surface area contributed by atoms with Crippen LogP contribution in [0.4, 0.5) is 0 Å². The van der Waals surface area contributed by atoms with Crippen molar-refractivity contribution in [2.75, 3.05) is 7.11 Å². The van der Waals surface area contributed by atoms with Gasteiger partial charge in [0, 0.05) is 23.9 Å². The summed E-state index contributed by atoms with van der Waals surface area (Å²) in [5.74, 6) is 1.68. The van der Waals surface area contributed by atoms with Gasteiger partial charge in [-0.15, -0.1) is 11.3 Å². The third-order valence-electron chi connectivity index (χ3n) is 4.92. The number of hydrogen-bond donors (Lipinski definition) is 0.